The predicted octanol–water partition coefficient (Wildman–Crippen LogP) is 3.97. The quantitative estimate of drug-likeness (QED) is 0.751. The first-order chi connectivity index (χ1) is 6.89. The lowest BCUT2D eigenvalue weighted by Gasteiger charge is -2.37. The second-order valence-electron chi connectivity index (χ2n) is 6.64. The number of hydrogen-bond donors (Lipinski definition) is 1. The molecule has 1 atom stereocenters. The SMILES string of the molecule is CC(N)CCC1CCC(C(C)(C)C)CC1. The second-order valence-corrected chi connectivity index (χ2v) is 6.64. The monoisotopic (exact) mass is 211 g/mol. The van der Waals surface area contributed by atoms with Crippen LogP contribution in [-0.2, 0) is 0 Å². The van der Waals surface area contributed by atoms with Gasteiger partial charge in [0.25, 0.3) is 0 Å². The lowest BCUT2D eigenvalue weighted by Crippen LogP contribution is -2.26. The van der Waals surface area contributed by atoms with Crippen LogP contribution in [0.25, 0.3) is 0 Å². The normalized spacial score (nSPS) is 30.2. The van der Waals surface area contributed by atoms with Gasteiger partial charge >= 0.3 is 0 Å². The summed E-state index contributed by atoms with van der Waals surface area (Å²) in [4.78, 5) is 0. The zero-order valence-electron chi connectivity index (χ0n) is 11.1. The van der Waals surface area contributed by atoms with E-state index >= 15 is 0 Å². The summed E-state index contributed by atoms with van der Waals surface area (Å²) in [5.41, 5.74) is 6.33. The average molecular weight is 211 g/mol. The molecule has 0 aromatic heterocycles. The molecule has 1 heteroatoms. The molecule has 0 saturated heterocycles. The molecule has 0 bridgehead atoms. The Morgan fingerprint density at radius 1 is 1.13 bits per heavy atom. The van der Waals surface area contributed by atoms with Gasteiger partial charge in [-0.25, -0.2) is 0 Å². The molecular weight excluding hydrogens is 182 g/mol. The Balaban J connectivity index is 2.24. The minimum atomic E-state index is 0.394. The van der Waals surface area contributed by atoms with Crippen LogP contribution in [0.2, 0.25) is 0 Å². The lowest BCUT2D eigenvalue weighted by atomic mass is 9.69. The van der Waals surface area contributed by atoms with Crippen LogP contribution in [0.4, 0.5) is 0 Å². The average Bonchev–Trinajstić information content (AvgIpc) is 2.14. The molecule has 1 aliphatic carbocycles. The molecule has 1 unspecified atom stereocenters. The Kier molecular flexibility index (Phi) is 4.64. The first-order valence-electron chi connectivity index (χ1n) is 6.65. The van der Waals surface area contributed by atoms with Crippen LogP contribution in [0.1, 0.15) is 66.2 Å². The van der Waals surface area contributed by atoms with E-state index < -0.39 is 0 Å². The molecule has 2 N–H and O–H groups in total. The van der Waals surface area contributed by atoms with Crippen molar-refractivity contribution in [3.63, 3.8) is 0 Å². The fourth-order valence-corrected chi connectivity index (χ4v) is 2.82. The van der Waals surface area contributed by atoms with E-state index in [9.17, 15) is 0 Å². The summed E-state index contributed by atoms with van der Waals surface area (Å²) in [7, 11) is 0. The molecule has 1 rings (SSSR count). The second kappa shape index (κ2) is 5.34. The summed E-state index contributed by atoms with van der Waals surface area (Å²) >= 11 is 0. The van der Waals surface area contributed by atoms with Gasteiger partial charge in [0.05, 0.1) is 0 Å². The third-order valence-corrected chi connectivity index (χ3v) is 4.10. The van der Waals surface area contributed by atoms with Crippen LogP contribution in [0.5, 0.6) is 0 Å². The Labute approximate surface area is 95.8 Å². The molecule has 0 heterocycles. The highest BCUT2D eigenvalue weighted by Gasteiger charge is 2.29. The largest absolute Gasteiger partial charge is 0.328 e. The third kappa shape index (κ3) is 4.55. The smallest absolute Gasteiger partial charge is 0.00105 e. The fraction of sp³-hybridized carbons (Fsp3) is 1.00. The predicted molar refractivity (Wildman–Crippen MR) is 67.8 cm³/mol. The standard InChI is InChI=1S/C14H29N/c1-11(15)5-6-12-7-9-13(10-8-12)14(2,3)4/h11-13H,5-10,15H2,1-4H3. The van der Waals surface area contributed by atoms with E-state index in [-0.39, 0.29) is 0 Å². The zero-order chi connectivity index (χ0) is 11.5. The minimum Gasteiger partial charge on any atom is -0.328 e. The molecule has 15 heavy (non-hydrogen) atoms. The molecule has 1 aliphatic rings. The van der Waals surface area contributed by atoms with Gasteiger partial charge in [0.1, 0.15) is 0 Å². The van der Waals surface area contributed by atoms with Crippen molar-refractivity contribution in [2.24, 2.45) is 23.0 Å². The summed E-state index contributed by atoms with van der Waals surface area (Å²) in [6.07, 6.45) is 8.32. The Morgan fingerprint density at radius 3 is 2.07 bits per heavy atom. The van der Waals surface area contributed by atoms with Gasteiger partial charge in [-0.1, -0.05) is 33.6 Å². The maximum absolute atomic E-state index is 5.81. The van der Waals surface area contributed by atoms with E-state index in [1.54, 1.807) is 0 Å². The first-order valence-corrected chi connectivity index (χ1v) is 6.65. The first kappa shape index (κ1) is 13.0. The molecule has 0 spiro atoms. The van der Waals surface area contributed by atoms with Crippen LogP contribution >= 0.6 is 0 Å². The Hall–Kier alpha value is -0.0400. The van der Waals surface area contributed by atoms with Crippen molar-refractivity contribution in [2.75, 3.05) is 0 Å². The van der Waals surface area contributed by atoms with Crippen molar-refractivity contribution in [3.8, 4) is 0 Å². The van der Waals surface area contributed by atoms with Crippen LogP contribution in [0, 0.1) is 17.3 Å². The van der Waals surface area contributed by atoms with Crippen molar-refractivity contribution >= 4 is 0 Å². The van der Waals surface area contributed by atoms with E-state index in [1.165, 1.54) is 38.5 Å². The van der Waals surface area contributed by atoms with E-state index in [0.29, 0.717) is 11.5 Å². The van der Waals surface area contributed by atoms with Gasteiger partial charge < -0.3 is 5.73 Å². The van der Waals surface area contributed by atoms with Crippen molar-refractivity contribution in [3.05, 3.63) is 0 Å². The maximum atomic E-state index is 5.81. The van der Waals surface area contributed by atoms with Gasteiger partial charge in [0.15, 0.2) is 0 Å². The van der Waals surface area contributed by atoms with E-state index in [0.717, 1.165) is 11.8 Å². The van der Waals surface area contributed by atoms with Crippen molar-refractivity contribution < 1.29 is 0 Å². The molecule has 0 radical (unpaired) electrons. The summed E-state index contributed by atoms with van der Waals surface area (Å²) < 4.78 is 0. The highest BCUT2D eigenvalue weighted by Crippen LogP contribution is 2.40. The Morgan fingerprint density at radius 2 is 1.67 bits per heavy atom. The van der Waals surface area contributed by atoms with E-state index in [2.05, 4.69) is 27.7 Å². The van der Waals surface area contributed by atoms with Crippen LogP contribution in [0.3, 0.4) is 0 Å². The summed E-state index contributed by atoms with van der Waals surface area (Å²) in [5, 5.41) is 0. The van der Waals surface area contributed by atoms with Gasteiger partial charge in [-0.05, 0) is 49.9 Å². The zero-order valence-corrected chi connectivity index (χ0v) is 11.1. The van der Waals surface area contributed by atoms with Crippen molar-refractivity contribution in [1.82, 2.24) is 0 Å². The van der Waals surface area contributed by atoms with Gasteiger partial charge in [-0.3, -0.25) is 0 Å². The molecule has 90 valence electrons. The van der Waals surface area contributed by atoms with Gasteiger partial charge in [0.2, 0.25) is 0 Å². The summed E-state index contributed by atoms with van der Waals surface area (Å²) in [5.74, 6) is 1.92. The molecule has 0 aromatic rings. The molecule has 1 nitrogen and oxygen atoms in total. The molecule has 1 fully saturated rings. The number of rotatable bonds is 3. The molecule has 0 aromatic carbocycles. The summed E-state index contributed by atoms with van der Waals surface area (Å²) in [6, 6.07) is 0.394. The van der Waals surface area contributed by atoms with Crippen molar-refractivity contribution in [2.45, 2.75) is 72.3 Å². The topological polar surface area (TPSA) is 26.0 Å². The molecular formula is C14H29N. The number of hydrogen-bond acceptors (Lipinski definition) is 1. The minimum absolute atomic E-state index is 0.394. The van der Waals surface area contributed by atoms with Crippen molar-refractivity contribution in [1.29, 1.82) is 0 Å². The summed E-state index contributed by atoms with van der Waals surface area (Å²) in [6.45, 7) is 9.29. The lowest BCUT2D eigenvalue weighted by molar-refractivity contribution is 0.145. The van der Waals surface area contributed by atoms with Gasteiger partial charge in [-0.2, -0.15) is 0 Å². The molecule has 0 amide bonds. The maximum Gasteiger partial charge on any atom is 0.00105 e. The van der Waals surface area contributed by atoms with Crippen LogP contribution < -0.4 is 5.73 Å². The van der Waals surface area contributed by atoms with Gasteiger partial charge in [-0.15, -0.1) is 0 Å². The van der Waals surface area contributed by atoms with E-state index in [4.69, 9.17) is 5.73 Å². The number of nitrogens with two attached hydrogens (primary N) is 1. The Bertz CT molecular complexity index is 170. The van der Waals surface area contributed by atoms with Crippen LogP contribution in [-0.4, -0.2) is 6.04 Å². The fourth-order valence-electron chi connectivity index (χ4n) is 2.82. The van der Waals surface area contributed by atoms with Crippen LogP contribution in [0.15, 0.2) is 0 Å². The van der Waals surface area contributed by atoms with Gasteiger partial charge in [0, 0.05) is 6.04 Å². The highest BCUT2D eigenvalue weighted by atomic mass is 14.6. The molecule has 1 saturated carbocycles. The van der Waals surface area contributed by atoms with E-state index in [1.807, 2.05) is 0 Å². The highest BCUT2D eigenvalue weighted by molar-refractivity contribution is 4.80. The third-order valence-electron chi connectivity index (χ3n) is 4.10. The molecule has 0 aliphatic heterocycles.